The minimum Gasteiger partial charge on any atom is -0.320 e. The van der Waals surface area contributed by atoms with E-state index in [1.54, 1.807) is 11.3 Å². The van der Waals surface area contributed by atoms with Gasteiger partial charge in [0.1, 0.15) is 0 Å². The number of hydrogen-bond donors (Lipinski definition) is 1. The van der Waals surface area contributed by atoms with E-state index in [4.69, 9.17) is 5.73 Å². The van der Waals surface area contributed by atoms with Gasteiger partial charge in [-0.2, -0.15) is 0 Å². The maximum absolute atomic E-state index is 6.45. The van der Waals surface area contributed by atoms with Gasteiger partial charge in [0.25, 0.3) is 0 Å². The summed E-state index contributed by atoms with van der Waals surface area (Å²) in [4.78, 5) is 5.51. The van der Waals surface area contributed by atoms with Crippen molar-refractivity contribution in [2.75, 3.05) is 0 Å². The van der Waals surface area contributed by atoms with Crippen molar-refractivity contribution in [1.82, 2.24) is 4.98 Å². The fourth-order valence-electron chi connectivity index (χ4n) is 2.64. The van der Waals surface area contributed by atoms with Crippen LogP contribution in [0.2, 0.25) is 0 Å². The fourth-order valence-corrected chi connectivity index (χ4v) is 3.46. The van der Waals surface area contributed by atoms with Gasteiger partial charge >= 0.3 is 0 Å². The highest BCUT2D eigenvalue weighted by Crippen LogP contribution is 2.40. The van der Waals surface area contributed by atoms with Crippen LogP contribution in [-0.4, -0.2) is 4.98 Å². The van der Waals surface area contributed by atoms with Crippen LogP contribution >= 0.6 is 11.3 Å². The normalized spacial score (nSPS) is 17.4. The van der Waals surface area contributed by atoms with Gasteiger partial charge in [-0.15, -0.1) is 11.3 Å². The second-order valence-electron chi connectivity index (χ2n) is 5.04. The van der Waals surface area contributed by atoms with Gasteiger partial charge in [-0.1, -0.05) is 30.7 Å². The molecule has 1 atom stereocenters. The summed E-state index contributed by atoms with van der Waals surface area (Å²) in [5.41, 5.74) is 12.1. The van der Waals surface area contributed by atoms with Gasteiger partial charge in [0.05, 0.1) is 17.2 Å². The Bertz CT molecular complexity index is 543. The first-order valence-corrected chi connectivity index (χ1v) is 7.39. The molecular formula is C15H18N2S. The highest BCUT2D eigenvalue weighted by Gasteiger charge is 2.25. The lowest BCUT2D eigenvalue weighted by molar-refractivity contribution is 0.416. The molecule has 1 heterocycles. The third kappa shape index (κ3) is 1.98. The van der Waals surface area contributed by atoms with E-state index in [0.29, 0.717) is 0 Å². The van der Waals surface area contributed by atoms with Crippen LogP contribution in [0.3, 0.4) is 0 Å². The number of benzene rings is 1. The molecule has 18 heavy (non-hydrogen) atoms. The van der Waals surface area contributed by atoms with E-state index in [0.717, 1.165) is 11.6 Å². The van der Waals surface area contributed by atoms with Crippen LogP contribution in [-0.2, 0) is 0 Å². The number of aromatic nitrogens is 1. The van der Waals surface area contributed by atoms with Gasteiger partial charge in [-0.3, -0.25) is 0 Å². The molecule has 1 aliphatic carbocycles. The molecule has 1 saturated carbocycles. The summed E-state index contributed by atoms with van der Waals surface area (Å²) in [5.74, 6) is 0.723. The zero-order valence-electron chi connectivity index (χ0n) is 10.6. The van der Waals surface area contributed by atoms with Crippen LogP contribution in [0.5, 0.6) is 0 Å². The maximum atomic E-state index is 6.45. The molecule has 0 amide bonds. The molecule has 3 rings (SSSR count). The summed E-state index contributed by atoms with van der Waals surface area (Å²) in [5, 5.41) is 0. The molecule has 2 aromatic rings. The first-order chi connectivity index (χ1) is 8.77. The van der Waals surface area contributed by atoms with Crippen molar-refractivity contribution >= 4 is 11.3 Å². The second kappa shape index (κ2) is 4.82. The topological polar surface area (TPSA) is 38.9 Å². The predicted molar refractivity (Wildman–Crippen MR) is 75.9 cm³/mol. The molecule has 0 spiro atoms. The molecule has 1 aromatic carbocycles. The van der Waals surface area contributed by atoms with Crippen LogP contribution in [0.1, 0.15) is 52.9 Å². The van der Waals surface area contributed by atoms with Gasteiger partial charge in [0.2, 0.25) is 0 Å². The largest absolute Gasteiger partial charge is 0.320 e. The quantitative estimate of drug-likeness (QED) is 0.910. The van der Waals surface area contributed by atoms with Crippen molar-refractivity contribution in [3.8, 4) is 0 Å². The molecular weight excluding hydrogens is 240 g/mol. The smallest absolute Gasteiger partial charge is 0.0798 e. The highest BCUT2D eigenvalue weighted by atomic mass is 32.1. The van der Waals surface area contributed by atoms with Crippen LogP contribution in [0.15, 0.2) is 29.8 Å². The van der Waals surface area contributed by atoms with Crippen molar-refractivity contribution in [1.29, 1.82) is 0 Å². The Kier molecular flexibility index (Phi) is 3.18. The highest BCUT2D eigenvalue weighted by molar-refractivity contribution is 7.09. The lowest BCUT2D eigenvalue weighted by Gasteiger charge is -2.29. The molecule has 1 fully saturated rings. The Balaban J connectivity index is 1.98. The molecule has 2 N–H and O–H groups in total. The summed E-state index contributed by atoms with van der Waals surface area (Å²) in [6.07, 6.45) is 3.98. The minimum atomic E-state index is -0.0192. The first kappa shape index (κ1) is 11.9. The van der Waals surface area contributed by atoms with E-state index in [1.807, 2.05) is 12.4 Å². The number of aryl methyl sites for hydroxylation is 1. The van der Waals surface area contributed by atoms with Gasteiger partial charge < -0.3 is 5.73 Å². The van der Waals surface area contributed by atoms with Crippen LogP contribution in [0, 0.1) is 6.92 Å². The Labute approximate surface area is 112 Å². The van der Waals surface area contributed by atoms with E-state index < -0.39 is 0 Å². The molecule has 3 heteroatoms. The summed E-state index contributed by atoms with van der Waals surface area (Å²) in [6.45, 7) is 2.04. The van der Waals surface area contributed by atoms with Crippen molar-refractivity contribution in [2.24, 2.45) is 5.73 Å². The predicted octanol–water partition coefficient (Wildman–Crippen LogP) is 3.77. The summed E-state index contributed by atoms with van der Waals surface area (Å²) >= 11 is 1.66. The summed E-state index contributed by atoms with van der Waals surface area (Å²) < 4.78 is 0. The van der Waals surface area contributed by atoms with Gasteiger partial charge in [-0.05, 0) is 36.8 Å². The van der Waals surface area contributed by atoms with Gasteiger partial charge in [0.15, 0.2) is 0 Å². The lowest BCUT2D eigenvalue weighted by atomic mass is 9.77. The number of nitrogens with zero attached hydrogens (tertiary/aromatic N) is 1. The zero-order valence-corrected chi connectivity index (χ0v) is 11.4. The summed E-state index contributed by atoms with van der Waals surface area (Å²) in [7, 11) is 0. The van der Waals surface area contributed by atoms with Gasteiger partial charge in [-0.25, -0.2) is 4.98 Å². The van der Waals surface area contributed by atoms with E-state index in [9.17, 15) is 0 Å². The molecule has 1 unspecified atom stereocenters. The first-order valence-electron chi connectivity index (χ1n) is 6.51. The number of nitrogens with two attached hydrogens (primary N) is 1. The third-order valence-electron chi connectivity index (χ3n) is 3.94. The van der Waals surface area contributed by atoms with Crippen LogP contribution < -0.4 is 5.73 Å². The maximum Gasteiger partial charge on any atom is 0.0798 e. The van der Waals surface area contributed by atoms with Gasteiger partial charge in [0, 0.05) is 4.88 Å². The van der Waals surface area contributed by atoms with Crippen molar-refractivity contribution in [3.05, 3.63) is 51.5 Å². The zero-order chi connectivity index (χ0) is 12.5. The van der Waals surface area contributed by atoms with E-state index in [2.05, 4.69) is 29.2 Å². The molecule has 2 nitrogen and oxygen atoms in total. The SMILES string of the molecule is Cc1ncsc1C(N)c1ccccc1C1CCC1. The van der Waals surface area contributed by atoms with Crippen LogP contribution in [0.4, 0.5) is 0 Å². The monoisotopic (exact) mass is 258 g/mol. The van der Waals surface area contributed by atoms with E-state index >= 15 is 0 Å². The third-order valence-corrected chi connectivity index (χ3v) is 4.96. The second-order valence-corrected chi connectivity index (χ2v) is 5.92. The lowest BCUT2D eigenvalue weighted by Crippen LogP contribution is -2.18. The molecule has 0 bridgehead atoms. The molecule has 0 saturated heterocycles. The van der Waals surface area contributed by atoms with Crippen molar-refractivity contribution < 1.29 is 0 Å². The Hall–Kier alpha value is -1.19. The molecule has 0 radical (unpaired) electrons. The van der Waals surface area contributed by atoms with E-state index in [1.165, 1.54) is 35.3 Å². The average Bonchev–Trinajstić information content (AvgIpc) is 2.73. The molecule has 1 aromatic heterocycles. The fraction of sp³-hybridized carbons (Fsp3) is 0.400. The standard InChI is InChI=1S/C15H18N2S/c1-10-15(18-9-17-10)14(16)13-8-3-2-7-12(13)11-5-4-6-11/h2-3,7-9,11,14H,4-6,16H2,1H3. The molecule has 94 valence electrons. The Morgan fingerprint density at radius 2 is 2.11 bits per heavy atom. The Morgan fingerprint density at radius 1 is 1.33 bits per heavy atom. The van der Waals surface area contributed by atoms with Crippen molar-refractivity contribution in [2.45, 2.75) is 38.1 Å². The van der Waals surface area contributed by atoms with E-state index in [-0.39, 0.29) is 6.04 Å². The number of thiazole rings is 1. The molecule has 1 aliphatic rings. The number of rotatable bonds is 3. The van der Waals surface area contributed by atoms with Crippen LogP contribution in [0.25, 0.3) is 0 Å². The minimum absolute atomic E-state index is 0.0192. The average molecular weight is 258 g/mol. The van der Waals surface area contributed by atoms with Crippen molar-refractivity contribution in [3.63, 3.8) is 0 Å². The summed E-state index contributed by atoms with van der Waals surface area (Å²) in [6, 6.07) is 8.62. The molecule has 0 aliphatic heterocycles. The number of hydrogen-bond acceptors (Lipinski definition) is 3. The Morgan fingerprint density at radius 3 is 2.72 bits per heavy atom.